The smallest absolute Gasteiger partial charge is 0.422 e. The van der Waals surface area contributed by atoms with E-state index in [1.807, 2.05) is 4.72 Å². The van der Waals surface area contributed by atoms with Crippen molar-refractivity contribution in [3.8, 4) is 0 Å². The van der Waals surface area contributed by atoms with Crippen LogP contribution in [0.3, 0.4) is 0 Å². The van der Waals surface area contributed by atoms with Crippen LogP contribution in [0, 0.1) is 0 Å². The maximum atomic E-state index is 11.7. The van der Waals surface area contributed by atoms with Crippen molar-refractivity contribution in [3.05, 3.63) is 28.8 Å². The van der Waals surface area contributed by atoms with Crippen LogP contribution in [-0.2, 0) is 14.9 Å². The van der Waals surface area contributed by atoms with Crippen molar-refractivity contribution in [2.45, 2.75) is 20.0 Å². The molecule has 0 aliphatic carbocycles. The number of nitrogens with one attached hydrogen (secondary N) is 2. The molecule has 0 aromatic heterocycles. The molecule has 1 amide bonds. The molecular weight excluding hydrogens is 324 g/mol. The van der Waals surface area contributed by atoms with Gasteiger partial charge in [-0.3, -0.25) is 4.72 Å². The quantitative estimate of drug-likeness (QED) is 0.754. The number of hydrogen-bond acceptors (Lipinski definition) is 5. The van der Waals surface area contributed by atoms with Gasteiger partial charge in [-0.25, -0.2) is 14.3 Å². The van der Waals surface area contributed by atoms with Gasteiger partial charge in [0.2, 0.25) is 0 Å². The molecule has 1 aromatic carbocycles. The van der Waals surface area contributed by atoms with Crippen LogP contribution in [-0.4, -0.2) is 31.7 Å². The van der Waals surface area contributed by atoms with E-state index in [-0.39, 0.29) is 16.3 Å². The van der Waals surface area contributed by atoms with Gasteiger partial charge in [-0.05, 0) is 32.0 Å². The van der Waals surface area contributed by atoms with Gasteiger partial charge in [0.1, 0.15) is 0 Å². The average Bonchev–Trinajstić information content (AvgIpc) is 2.28. The van der Waals surface area contributed by atoms with Gasteiger partial charge in [0.15, 0.2) is 0 Å². The Hall–Kier alpha value is -2.00. The zero-order valence-electron chi connectivity index (χ0n) is 11.1. The maximum Gasteiger partial charge on any atom is 0.422 e. The molecule has 0 aliphatic heterocycles. The van der Waals surface area contributed by atoms with E-state index in [4.69, 9.17) is 16.7 Å². The monoisotopic (exact) mass is 336 g/mol. The van der Waals surface area contributed by atoms with E-state index in [9.17, 15) is 18.0 Å². The predicted octanol–water partition coefficient (Wildman–Crippen LogP) is 1.83. The van der Waals surface area contributed by atoms with Crippen molar-refractivity contribution in [1.82, 2.24) is 4.72 Å². The Kier molecular flexibility index (Phi) is 5.39. The van der Waals surface area contributed by atoms with E-state index in [1.165, 1.54) is 12.1 Å². The molecule has 0 bridgehead atoms. The highest BCUT2D eigenvalue weighted by Crippen LogP contribution is 2.21. The fraction of sp³-hybridized carbons (Fsp3) is 0.273. The van der Waals surface area contributed by atoms with Crippen LogP contribution < -0.4 is 9.44 Å². The molecule has 21 heavy (non-hydrogen) atoms. The van der Waals surface area contributed by atoms with E-state index < -0.39 is 28.4 Å². The first-order valence-electron chi connectivity index (χ1n) is 5.64. The summed E-state index contributed by atoms with van der Waals surface area (Å²) in [4.78, 5) is 22.1. The van der Waals surface area contributed by atoms with Crippen molar-refractivity contribution in [3.63, 3.8) is 0 Å². The van der Waals surface area contributed by atoms with Gasteiger partial charge in [-0.15, -0.1) is 0 Å². The summed E-state index contributed by atoms with van der Waals surface area (Å²) >= 11 is 5.66. The number of ether oxygens (including phenoxy) is 1. The first-order chi connectivity index (χ1) is 9.60. The van der Waals surface area contributed by atoms with E-state index >= 15 is 0 Å². The molecule has 0 aliphatic rings. The van der Waals surface area contributed by atoms with Gasteiger partial charge in [-0.2, -0.15) is 8.42 Å². The molecule has 0 radical (unpaired) electrons. The van der Waals surface area contributed by atoms with Gasteiger partial charge in [0.05, 0.1) is 22.4 Å². The lowest BCUT2D eigenvalue weighted by molar-refractivity contribution is 0.0697. The highest BCUT2D eigenvalue weighted by molar-refractivity contribution is 7.91. The number of carboxylic acids is 1. The number of aromatic carboxylic acids is 1. The first-order valence-corrected chi connectivity index (χ1v) is 7.51. The van der Waals surface area contributed by atoms with Crippen LogP contribution >= 0.6 is 11.6 Å². The van der Waals surface area contributed by atoms with Crippen LogP contribution in [0.5, 0.6) is 0 Å². The largest absolute Gasteiger partial charge is 0.478 e. The predicted molar refractivity (Wildman–Crippen MR) is 75.7 cm³/mol. The number of carbonyl (C=O) groups excluding carboxylic acids is 1. The third-order valence-corrected chi connectivity index (χ3v) is 3.28. The Morgan fingerprint density at radius 3 is 2.48 bits per heavy atom. The maximum absolute atomic E-state index is 11.7. The number of hydrogen-bond donors (Lipinski definition) is 3. The number of carbonyl (C=O) groups is 2. The first kappa shape index (κ1) is 17.1. The summed E-state index contributed by atoms with van der Waals surface area (Å²) in [5.41, 5.74) is -0.344. The lowest BCUT2D eigenvalue weighted by Crippen LogP contribution is -2.36. The van der Waals surface area contributed by atoms with E-state index in [1.54, 1.807) is 18.6 Å². The molecule has 0 unspecified atom stereocenters. The summed E-state index contributed by atoms with van der Waals surface area (Å²) < 4.78 is 31.5. The minimum Gasteiger partial charge on any atom is -0.478 e. The summed E-state index contributed by atoms with van der Waals surface area (Å²) in [6.07, 6.45) is -1.64. The highest BCUT2D eigenvalue weighted by atomic mass is 35.5. The summed E-state index contributed by atoms with van der Waals surface area (Å²) in [7, 11) is -4.25. The summed E-state index contributed by atoms with van der Waals surface area (Å²) in [5, 5.41) is 8.84. The molecule has 3 N–H and O–H groups in total. The SMILES string of the molecule is CC(C)OC(=O)NS(=O)(=O)Nc1ccc(Cl)c(C(=O)O)c1. The van der Waals surface area contributed by atoms with Crippen molar-refractivity contribution in [2.75, 3.05) is 4.72 Å². The molecule has 1 rings (SSSR count). The molecule has 0 heterocycles. The lowest BCUT2D eigenvalue weighted by atomic mass is 10.2. The molecule has 0 saturated heterocycles. The Bertz CT molecular complexity index is 659. The third kappa shape index (κ3) is 5.48. The summed E-state index contributed by atoms with van der Waals surface area (Å²) in [6, 6.07) is 3.49. The van der Waals surface area contributed by atoms with Gasteiger partial charge in [0.25, 0.3) is 0 Å². The molecule has 0 fully saturated rings. The van der Waals surface area contributed by atoms with Crippen molar-refractivity contribution >= 4 is 39.6 Å². The zero-order valence-corrected chi connectivity index (χ0v) is 12.7. The van der Waals surface area contributed by atoms with Crippen LogP contribution in [0.15, 0.2) is 18.2 Å². The Morgan fingerprint density at radius 2 is 1.95 bits per heavy atom. The Labute approximate surface area is 126 Å². The van der Waals surface area contributed by atoms with Gasteiger partial charge >= 0.3 is 22.3 Å². The number of amides is 1. The molecule has 0 spiro atoms. The average molecular weight is 337 g/mol. The molecule has 10 heteroatoms. The lowest BCUT2D eigenvalue weighted by Gasteiger charge is -2.12. The van der Waals surface area contributed by atoms with Crippen molar-refractivity contribution < 1.29 is 27.9 Å². The normalized spacial score (nSPS) is 11.0. The highest BCUT2D eigenvalue weighted by Gasteiger charge is 2.18. The fourth-order valence-corrected chi connectivity index (χ4v) is 2.24. The van der Waals surface area contributed by atoms with E-state index in [2.05, 4.69) is 4.74 Å². The second-order valence-electron chi connectivity index (χ2n) is 4.16. The van der Waals surface area contributed by atoms with E-state index in [0.717, 1.165) is 6.07 Å². The number of benzene rings is 1. The van der Waals surface area contributed by atoms with Gasteiger partial charge in [-0.1, -0.05) is 11.6 Å². The van der Waals surface area contributed by atoms with Gasteiger partial charge in [0, 0.05) is 0 Å². The second kappa shape index (κ2) is 6.64. The Balaban J connectivity index is 2.87. The Morgan fingerprint density at radius 1 is 1.33 bits per heavy atom. The molecule has 8 nitrogen and oxygen atoms in total. The molecule has 0 atom stereocenters. The topological polar surface area (TPSA) is 122 Å². The van der Waals surface area contributed by atoms with Crippen molar-refractivity contribution in [2.24, 2.45) is 0 Å². The molecular formula is C11H13ClN2O6S. The summed E-state index contributed by atoms with van der Waals surface area (Å²) in [5.74, 6) is -1.31. The minimum atomic E-state index is -4.25. The zero-order chi connectivity index (χ0) is 16.2. The number of carboxylic acid groups (broad SMARTS) is 1. The van der Waals surface area contributed by atoms with Gasteiger partial charge < -0.3 is 9.84 Å². The van der Waals surface area contributed by atoms with Crippen LogP contribution in [0.25, 0.3) is 0 Å². The third-order valence-electron chi connectivity index (χ3n) is 2.01. The number of rotatable bonds is 5. The van der Waals surface area contributed by atoms with Crippen LogP contribution in [0.4, 0.5) is 10.5 Å². The summed E-state index contributed by atoms with van der Waals surface area (Å²) in [6.45, 7) is 3.11. The van der Waals surface area contributed by atoms with Crippen LogP contribution in [0.2, 0.25) is 5.02 Å². The van der Waals surface area contributed by atoms with Crippen LogP contribution in [0.1, 0.15) is 24.2 Å². The molecule has 0 saturated carbocycles. The minimum absolute atomic E-state index is 0.0439. The number of halogens is 1. The van der Waals surface area contributed by atoms with Crippen molar-refractivity contribution in [1.29, 1.82) is 0 Å². The molecule has 1 aromatic rings. The molecule has 116 valence electrons. The van der Waals surface area contributed by atoms with E-state index in [0.29, 0.717) is 0 Å². The fourth-order valence-electron chi connectivity index (χ4n) is 1.28. The number of anilines is 1. The second-order valence-corrected chi connectivity index (χ2v) is 5.98. The standard InChI is InChI=1S/C11H13ClN2O6S/c1-6(2)20-11(17)14-21(18,19)13-7-3-4-9(12)8(5-7)10(15)16/h3-6,13H,1-2H3,(H,14,17)(H,15,16).